The molecular formula is C19H22O8. The van der Waals surface area contributed by atoms with Gasteiger partial charge in [0.2, 0.25) is 0 Å². The van der Waals surface area contributed by atoms with Crippen LogP contribution in [0.25, 0.3) is 0 Å². The minimum Gasteiger partial charge on any atom is -0.478 e. The van der Waals surface area contributed by atoms with E-state index in [1.807, 2.05) is 6.92 Å². The van der Waals surface area contributed by atoms with Gasteiger partial charge in [0.15, 0.2) is 0 Å². The molecule has 0 saturated heterocycles. The maximum atomic E-state index is 11.9. The number of hydrogen-bond donors (Lipinski definition) is 2. The summed E-state index contributed by atoms with van der Waals surface area (Å²) < 4.78 is 9.87. The molecule has 1 rings (SSSR count). The van der Waals surface area contributed by atoms with Gasteiger partial charge >= 0.3 is 23.9 Å². The Morgan fingerprint density at radius 3 is 2.30 bits per heavy atom. The number of esters is 2. The first kappa shape index (κ1) is 21.9. The third kappa shape index (κ3) is 6.58. The zero-order valence-corrected chi connectivity index (χ0v) is 15.0. The molecule has 0 bridgehead atoms. The van der Waals surface area contributed by atoms with Crippen molar-refractivity contribution in [2.45, 2.75) is 39.0 Å². The van der Waals surface area contributed by atoms with Crippen molar-refractivity contribution in [2.24, 2.45) is 0 Å². The first-order valence-corrected chi connectivity index (χ1v) is 8.44. The molecule has 27 heavy (non-hydrogen) atoms. The van der Waals surface area contributed by atoms with Crippen LogP contribution in [0.15, 0.2) is 24.8 Å². The van der Waals surface area contributed by atoms with Gasteiger partial charge < -0.3 is 19.7 Å². The normalized spacial score (nSPS) is 10.1. The van der Waals surface area contributed by atoms with Crippen LogP contribution in [0.2, 0.25) is 0 Å². The number of carboxylic acids is 2. The number of hydrogen-bond acceptors (Lipinski definition) is 6. The molecule has 0 spiro atoms. The average molecular weight is 378 g/mol. The second-order valence-corrected chi connectivity index (χ2v) is 5.64. The molecule has 0 heterocycles. The van der Waals surface area contributed by atoms with Crippen LogP contribution in [0.4, 0.5) is 0 Å². The highest BCUT2D eigenvalue weighted by Crippen LogP contribution is 2.27. The molecule has 146 valence electrons. The topological polar surface area (TPSA) is 127 Å². The van der Waals surface area contributed by atoms with Crippen molar-refractivity contribution in [1.82, 2.24) is 0 Å². The first-order chi connectivity index (χ1) is 12.8. The van der Waals surface area contributed by atoms with Gasteiger partial charge in [0, 0.05) is 18.9 Å². The van der Waals surface area contributed by atoms with E-state index in [0.29, 0.717) is 6.42 Å². The molecule has 0 aliphatic heterocycles. The summed E-state index contributed by atoms with van der Waals surface area (Å²) in [6, 6.07) is 2.57. The minimum atomic E-state index is -1.53. The highest BCUT2D eigenvalue weighted by Gasteiger charge is 2.26. The quantitative estimate of drug-likeness (QED) is 0.260. The smallest absolute Gasteiger partial charge is 0.340 e. The largest absolute Gasteiger partial charge is 0.478 e. The Hall–Kier alpha value is -3.16. The lowest BCUT2D eigenvalue weighted by atomic mass is 9.98. The fraction of sp³-hybridized carbons (Fsp3) is 0.368. The predicted octanol–water partition coefficient (Wildman–Crippen LogP) is 2.84. The van der Waals surface area contributed by atoms with Crippen LogP contribution < -0.4 is 4.74 Å². The fourth-order valence-electron chi connectivity index (χ4n) is 2.39. The SMILES string of the molecule is C=CC(=O)OCCc1ccc(OC(=O)CCCCC)c(C(=O)O)c1C(=O)O. The Labute approximate surface area is 156 Å². The van der Waals surface area contributed by atoms with Gasteiger partial charge in [-0.1, -0.05) is 32.4 Å². The average Bonchev–Trinajstić information content (AvgIpc) is 2.61. The molecule has 0 radical (unpaired) electrons. The summed E-state index contributed by atoms with van der Waals surface area (Å²) in [5, 5.41) is 18.9. The number of ether oxygens (including phenoxy) is 2. The number of aromatic carboxylic acids is 2. The molecule has 0 unspecified atom stereocenters. The third-order valence-electron chi connectivity index (χ3n) is 3.67. The highest BCUT2D eigenvalue weighted by atomic mass is 16.5. The van der Waals surface area contributed by atoms with Crippen molar-refractivity contribution in [1.29, 1.82) is 0 Å². The number of rotatable bonds is 11. The summed E-state index contributed by atoms with van der Waals surface area (Å²) in [4.78, 5) is 46.2. The zero-order valence-electron chi connectivity index (χ0n) is 15.0. The van der Waals surface area contributed by atoms with Gasteiger partial charge in [0.05, 0.1) is 12.2 Å². The summed E-state index contributed by atoms with van der Waals surface area (Å²) in [5.74, 6) is -4.65. The van der Waals surface area contributed by atoms with Crippen molar-refractivity contribution in [3.63, 3.8) is 0 Å². The maximum absolute atomic E-state index is 11.9. The van der Waals surface area contributed by atoms with Crippen LogP contribution in [0, 0.1) is 0 Å². The molecule has 0 amide bonds. The lowest BCUT2D eigenvalue weighted by molar-refractivity contribution is -0.137. The molecule has 0 saturated carbocycles. The molecule has 8 nitrogen and oxygen atoms in total. The van der Waals surface area contributed by atoms with Crippen LogP contribution in [-0.4, -0.2) is 40.7 Å². The molecule has 0 atom stereocenters. The van der Waals surface area contributed by atoms with E-state index in [0.717, 1.165) is 18.9 Å². The molecule has 8 heteroatoms. The van der Waals surface area contributed by atoms with Crippen LogP contribution >= 0.6 is 0 Å². The van der Waals surface area contributed by atoms with Crippen molar-refractivity contribution < 1.29 is 38.9 Å². The van der Waals surface area contributed by atoms with E-state index in [1.54, 1.807) is 0 Å². The lowest BCUT2D eigenvalue weighted by Gasteiger charge is -2.14. The highest BCUT2D eigenvalue weighted by molar-refractivity contribution is 6.05. The number of carbonyl (C=O) groups excluding carboxylic acids is 2. The summed E-state index contributed by atoms with van der Waals surface area (Å²) in [6.45, 7) is 5.06. The summed E-state index contributed by atoms with van der Waals surface area (Å²) >= 11 is 0. The second kappa shape index (κ2) is 10.7. The molecule has 0 aromatic heterocycles. The van der Waals surface area contributed by atoms with E-state index in [4.69, 9.17) is 9.47 Å². The van der Waals surface area contributed by atoms with E-state index in [9.17, 15) is 29.4 Å². The van der Waals surface area contributed by atoms with Gasteiger partial charge in [-0.2, -0.15) is 0 Å². The number of carbonyl (C=O) groups is 4. The van der Waals surface area contributed by atoms with Crippen molar-refractivity contribution in [3.05, 3.63) is 41.5 Å². The van der Waals surface area contributed by atoms with E-state index in [-0.39, 0.29) is 30.8 Å². The Bertz CT molecular complexity index is 735. The Morgan fingerprint density at radius 1 is 1.07 bits per heavy atom. The third-order valence-corrected chi connectivity index (χ3v) is 3.67. The van der Waals surface area contributed by atoms with E-state index in [1.165, 1.54) is 12.1 Å². The first-order valence-electron chi connectivity index (χ1n) is 8.44. The zero-order chi connectivity index (χ0) is 20.4. The summed E-state index contributed by atoms with van der Waals surface area (Å²) in [7, 11) is 0. The molecule has 0 fully saturated rings. The Kier molecular flexibility index (Phi) is 8.71. The van der Waals surface area contributed by atoms with Gasteiger partial charge in [-0.25, -0.2) is 14.4 Å². The molecule has 0 aliphatic carbocycles. The van der Waals surface area contributed by atoms with Gasteiger partial charge in [-0.3, -0.25) is 4.79 Å². The van der Waals surface area contributed by atoms with E-state index >= 15 is 0 Å². The van der Waals surface area contributed by atoms with Crippen LogP contribution in [0.5, 0.6) is 5.75 Å². The van der Waals surface area contributed by atoms with Gasteiger partial charge in [-0.15, -0.1) is 0 Å². The van der Waals surface area contributed by atoms with E-state index in [2.05, 4.69) is 6.58 Å². The molecule has 1 aromatic rings. The second-order valence-electron chi connectivity index (χ2n) is 5.64. The number of benzene rings is 1. The van der Waals surface area contributed by atoms with Crippen molar-refractivity contribution in [2.75, 3.05) is 6.61 Å². The predicted molar refractivity (Wildman–Crippen MR) is 95.0 cm³/mol. The maximum Gasteiger partial charge on any atom is 0.340 e. The number of carboxylic acid groups (broad SMARTS) is 2. The van der Waals surface area contributed by atoms with Gasteiger partial charge in [0.25, 0.3) is 0 Å². The lowest BCUT2D eigenvalue weighted by Crippen LogP contribution is -2.17. The minimum absolute atomic E-state index is 0.0216. The molecule has 0 aliphatic rings. The Balaban J connectivity index is 3.12. The summed E-state index contributed by atoms with van der Waals surface area (Å²) in [6.07, 6.45) is 3.37. The van der Waals surface area contributed by atoms with E-state index < -0.39 is 35.0 Å². The van der Waals surface area contributed by atoms with Crippen LogP contribution in [-0.2, 0) is 20.7 Å². The number of unbranched alkanes of at least 4 members (excludes halogenated alkanes) is 2. The Morgan fingerprint density at radius 2 is 1.74 bits per heavy atom. The van der Waals surface area contributed by atoms with Crippen molar-refractivity contribution in [3.8, 4) is 5.75 Å². The monoisotopic (exact) mass is 378 g/mol. The molecule has 2 N–H and O–H groups in total. The standard InChI is InChI=1S/C19H22O8/c1-3-5-6-7-15(21)27-13-9-8-12(10-11-26-14(20)4-2)16(18(22)23)17(13)19(24)25/h4,8-9H,2-3,5-7,10-11H2,1H3,(H,22,23)(H,24,25). The molecular weight excluding hydrogens is 356 g/mol. The van der Waals surface area contributed by atoms with Crippen molar-refractivity contribution >= 4 is 23.9 Å². The summed E-state index contributed by atoms with van der Waals surface area (Å²) in [5.41, 5.74) is -0.975. The van der Waals surface area contributed by atoms with Crippen LogP contribution in [0.3, 0.4) is 0 Å². The molecule has 1 aromatic carbocycles. The van der Waals surface area contributed by atoms with Crippen LogP contribution in [0.1, 0.15) is 58.9 Å². The van der Waals surface area contributed by atoms with Gasteiger partial charge in [0.1, 0.15) is 11.3 Å². The van der Waals surface area contributed by atoms with Gasteiger partial charge in [-0.05, 0) is 18.1 Å². The fourth-order valence-corrected chi connectivity index (χ4v) is 2.39.